The number of phenols is 1. The fourth-order valence-corrected chi connectivity index (χ4v) is 8.09. The number of phenolic OH excluding ortho intramolecular Hbond substituents is 1. The molecule has 2 aliphatic rings. The quantitative estimate of drug-likeness (QED) is 0.275. The van der Waals surface area contributed by atoms with Gasteiger partial charge in [-0.2, -0.15) is 0 Å². The van der Waals surface area contributed by atoms with Crippen molar-refractivity contribution in [1.82, 2.24) is 15.5 Å². The van der Waals surface area contributed by atoms with Gasteiger partial charge in [-0.05, 0) is 105 Å². The fraction of sp³-hybridized carbons (Fsp3) is 0.763. The standard InChI is InChI=1S/C38H63N3O6/c1-22-16-26(17-29(30(22)42)34(5,6)7)23(2)31(43)41(24(3)32(44)46-27-18-35(8,9)39-36(10,11)19-27)25(4)33(45)47-28-20-37(12,13)40-38(14,15)21-28/h16-17,23-25,27-28,39-40,42H,18-21H2,1-15H3. The molecule has 1 aromatic rings. The van der Waals surface area contributed by atoms with Crippen LogP contribution in [0.4, 0.5) is 0 Å². The number of aromatic hydroxyl groups is 1. The number of rotatable bonds is 8. The Kier molecular flexibility index (Phi) is 11.0. The summed E-state index contributed by atoms with van der Waals surface area (Å²) in [5.41, 5.74) is 0.754. The molecule has 0 bridgehead atoms. The zero-order valence-electron chi connectivity index (χ0n) is 31.8. The van der Waals surface area contributed by atoms with Crippen LogP contribution >= 0.6 is 0 Å². The van der Waals surface area contributed by atoms with Crippen LogP contribution in [0.2, 0.25) is 0 Å². The number of amides is 1. The van der Waals surface area contributed by atoms with E-state index in [9.17, 15) is 19.5 Å². The first-order valence-electron chi connectivity index (χ1n) is 17.3. The summed E-state index contributed by atoms with van der Waals surface area (Å²) in [5.74, 6) is -2.00. The monoisotopic (exact) mass is 657 g/mol. The number of benzene rings is 1. The molecule has 266 valence electrons. The Labute approximate surface area is 283 Å². The molecule has 1 aromatic carbocycles. The maximum Gasteiger partial charge on any atom is 0.328 e. The second kappa shape index (κ2) is 13.3. The van der Waals surface area contributed by atoms with Crippen LogP contribution in [-0.4, -0.2) is 74.3 Å². The van der Waals surface area contributed by atoms with Gasteiger partial charge in [0.05, 0.1) is 5.92 Å². The van der Waals surface area contributed by atoms with E-state index in [1.807, 2.05) is 33.8 Å². The van der Waals surface area contributed by atoms with Gasteiger partial charge in [0, 0.05) is 47.8 Å². The molecular formula is C38H63N3O6. The Hall–Kier alpha value is -2.65. The number of hydrogen-bond acceptors (Lipinski definition) is 8. The first-order valence-corrected chi connectivity index (χ1v) is 17.3. The minimum absolute atomic E-state index is 0.201. The van der Waals surface area contributed by atoms with Gasteiger partial charge in [-0.25, -0.2) is 9.59 Å². The largest absolute Gasteiger partial charge is 0.507 e. The molecule has 0 aromatic heterocycles. The van der Waals surface area contributed by atoms with Gasteiger partial charge in [-0.3, -0.25) is 4.79 Å². The Morgan fingerprint density at radius 3 is 1.47 bits per heavy atom. The second-order valence-corrected chi connectivity index (χ2v) is 18.0. The van der Waals surface area contributed by atoms with Gasteiger partial charge in [0.15, 0.2) is 0 Å². The molecule has 9 nitrogen and oxygen atoms in total. The summed E-state index contributed by atoms with van der Waals surface area (Å²) in [6.07, 6.45) is 1.81. The molecule has 0 radical (unpaired) electrons. The van der Waals surface area contributed by atoms with Crippen molar-refractivity contribution in [2.45, 2.75) is 187 Å². The smallest absolute Gasteiger partial charge is 0.328 e. The van der Waals surface area contributed by atoms with Crippen LogP contribution in [0.1, 0.15) is 145 Å². The maximum absolute atomic E-state index is 14.5. The third-order valence-corrected chi connectivity index (χ3v) is 9.64. The summed E-state index contributed by atoms with van der Waals surface area (Å²) in [6.45, 7) is 29.6. The highest BCUT2D eigenvalue weighted by Gasteiger charge is 2.44. The number of esters is 2. The van der Waals surface area contributed by atoms with Crippen LogP contribution in [0, 0.1) is 6.92 Å². The predicted octanol–water partition coefficient (Wildman–Crippen LogP) is 6.41. The highest BCUT2D eigenvalue weighted by Crippen LogP contribution is 2.37. The second-order valence-electron chi connectivity index (χ2n) is 18.0. The molecular weight excluding hydrogens is 594 g/mol. The summed E-state index contributed by atoms with van der Waals surface area (Å²) in [6, 6.07) is 1.56. The molecule has 3 unspecified atom stereocenters. The molecule has 2 aliphatic heterocycles. The number of ether oxygens (including phenoxy) is 2. The van der Waals surface area contributed by atoms with Crippen molar-refractivity contribution < 1.29 is 29.0 Å². The lowest BCUT2D eigenvalue weighted by atomic mass is 9.81. The number of piperidine rings is 2. The van der Waals surface area contributed by atoms with Gasteiger partial charge < -0.3 is 30.1 Å². The zero-order chi connectivity index (χ0) is 36.1. The fourth-order valence-electron chi connectivity index (χ4n) is 8.09. The number of aryl methyl sites for hydroxylation is 1. The van der Waals surface area contributed by atoms with Gasteiger partial charge in [0.25, 0.3) is 0 Å². The van der Waals surface area contributed by atoms with E-state index in [1.54, 1.807) is 26.8 Å². The summed E-state index contributed by atoms with van der Waals surface area (Å²) < 4.78 is 12.2. The molecule has 0 spiro atoms. The van der Waals surface area contributed by atoms with Gasteiger partial charge in [0.1, 0.15) is 30.0 Å². The van der Waals surface area contributed by atoms with E-state index in [-0.39, 0.29) is 51.4 Å². The molecule has 0 aliphatic carbocycles. The van der Waals surface area contributed by atoms with E-state index in [0.717, 1.165) is 5.56 Å². The van der Waals surface area contributed by atoms with Crippen molar-refractivity contribution >= 4 is 17.8 Å². The number of carbonyl (C=O) groups excluding carboxylic acids is 3. The van der Waals surface area contributed by atoms with Crippen LogP contribution in [0.5, 0.6) is 5.75 Å². The molecule has 3 N–H and O–H groups in total. The topological polar surface area (TPSA) is 117 Å². The summed E-state index contributed by atoms with van der Waals surface area (Å²) in [5, 5.41) is 18.1. The van der Waals surface area contributed by atoms with E-state index in [1.165, 1.54) is 4.90 Å². The Morgan fingerprint density at radius 1 is 0.766 bits per heavy atom. The van der Waals surface area contributed by atoms with Crippen LogP contribution in [0.15, 0.2) is 12.1 Å². The van der Waals surface area contributed by atoms with Crippen LogP contribution in [-0.2, 0) is 29.3 Å². The SMILES string of the molecule is Cc1cc(C(C)C(=O)N(C(C)C(=O)OC2CC(C)(C)NC(C)(C)C2)C(C)C(=O)OC2CC(C)(C)NC(C)(C)C2)cc(C(C)(C)C)c1O. The molecule has 2 fully saturated rings. The lowest BCUT2D eigenvalue weighted by Crippen LogP contribution is -2.61. The maximum atomic E-state index is 14.5. The minimum Gasteiger partial charge on any atom is -0.507 e. The van der Waals surface area contributed by atoms with Crippen LogP contribution < -0.4 is 10.6 Å². The average molecular weight is 658 g/mol. The number of carbonyl (C=O) groups is 3. The molecule has 1 amide bonds. The summed E-state index contributed by atoms with van der Waals surface area (Å²) in [4.78, 5) is 43.6. The van der Waals surface area contributed by atoms with E-state index in [0.29, 0.717) is 36.8 Å². The Bertz CT molecular complexity index is 1250. The highest BCUT2D eigenvalue weighted by molar-refractivity contribution is 5.92. The summed E-state index contributed by atoms with van der Waals surface area (Å²) >= 11 is 0. The Morgan fingerprint density at radius 2 is 1.13 bits per heavy atom. The minimum atomic E-state index is -1.05. The predicted molar refractivity (Wildman–Crippen MR) is 187 cm³/mol. The van der Waals surface area contributed by atoms with E-state index in [4.69, 9.17) is 9.47 Å². The normalized spacial score (nSPS) is 22.9. The highest BCUT2D eigenvalue weighted by atomic mass is 16.6. The van der Waals surface area contributed by atoms with Crippen molar-refractivity contribution in [3.63, 3.8) is 0 Å². The molecule has 9 heteroatoms. The first-order chi connectivity index (χ1) is 21.1. The molecule has 2 saturated heterocycles. The van der Waals surface area contributed by atoms with Crippen LogP contribution in [0.25, 0.3) is 0 Å². The number of nitrogens with one attached hydrogen (secondary N) is 2. The Balaban J connectivity index is 1.97. The van der Waals surface area contributed by atoms with Gasteiger partial charge in [-0.15, -0.1) is 0 Å². The summed E-state index contributed by atoms with van der Waals surface area (Å²) in [7, 11) is 0. The van der Waals surface area contributed by atoms with Crippen molar-refractivity contribution in [1.29, 1.82) is 0 Å². The van der Waals surface area contributed by atoms with E-state index >= 15 is 0 Å². The third kappa shape index (κ3) is 9.71. The lowest BCUT2D eigenvalue weighted by Gasteiger charge is -2.46. The first kappa shape index (κ1) is 38.8. The van der Waals surface area contributed by atoms with Crippen molar-refractivity contribution in [2.75, 3.05) is 0 Å². The van der Waals surface area contributed by atoms with Gasteiger partial charge >= 0.3 is 11.9 Å². The molecule has 47 heavy (non-hydrogen) atoms. The van der Waals surface area contributed by atoms with Crippen molar-refractivity contribution in [3.8, 4) is 5.75 Å². The van der Waals surface area contributed by atoms with Gasteiger partial charge in [0.2, 0.25) is 5.91 Å². The van der Waals surface area contributed by atoms with Crippen molar-refractivity contribution in [2.24, 2.45) is 0 Å². The van der Waals surface area contributed by atoms with E-state index in [2.05, 4.69) is 66.0 Å². The zero-order valence-corrected chi connectivity index (χ0v) is 31.8. The number of nitrogens with zero attached hydrogens (tertiary/aromatic N) is 1. The lowest BCUT2D eigenvalue weighted by molar-refractivity contribution is -0.171. The third-order valence-electron chi connectivity index (χ3n) is 9.64. The molecule has 3 atom stereocenters. The molecule has 0 saturated carbocycles. The van der Waals surface area contributed by atoms with Crippen LogP contribution in [0.3, 0.4) is 0 Å². The molecule has 2 heterocycles. The van der Waals surface area contributed by atoms with Gasteiger partial charge in [-0.1, -0.05) is 32.9 Å². The van der Waals surface area contributed by atoms with Crippen molar-refractivity contribution in [3.05, 3.63) is 28.8 Å². The van der Waals surface area contributed by atoms with E-state index < -0.39 is 29.9 Å². The number of hydrogen-bond donors (Lipinski definition) is 3. The molecule has 3 rings (SSSR count). The average Bonchev–Trinajstić information content (AvgIpc) is 2.84.